The lowest BCUT2D eigenvalue weighted by atomic mass is 9.75. The Morgan fingerprint density at radius 2 is 2.00 bits per heavy atom. The first-order valence-electron chi connectivity index (χ1n) is 7.29. The number of Topliss-reactive ketones (excluding diaryl/α,β-unsaturated/α-hetero) is 1. The molecule has 2 aliphatic rings. The minimum atomic E-state index is -4.57. The monoisotopic (exact) mass is 294 g/mol. The summed E-state index contributed by atoms with van der Waals surface area (Å²) in [5.41, 5.74) is 1.97. The topological polar surface area (TPSA) is 17.1 Å². The number of rotatable bonds is 1. The highest BCUT2D eigenvalue weighted by Gasteiger charge is 2.49. The predicted molar refractivity (Wildman–Crippen MR) is 74.8 cm³/mol. The summed E-state index contributed by atoms with van der Waals surface area (Å²) in [6.07, 6.45) is -2.93. The van der Waals surface area contributed by atoms with Crippen LogP contribution in [0.1, 0.15) is 36.5 Å². The van der Waals surface area contributed by atoms with Gasteiger partial charge in [0.15, 0.2) is 5.78 Å². The van der Waals surface area contributed by atoms with Crippen LogP contribution in [-0.4, -0.2) is 12.0 Å². The molecule has 112 valence electrons. The first-order chi connectivity index (χ1) is 9.84. The van der Waals surface area contributed by atoms with Crippen LogP contribution >= 0.6 is 0 Å². The summed E-state index contributed by atoms with van der Waals surface area (Å²) in [6.45, 7) is 3.71. The van der Waals surface area contributed by atoms with Crippen LogP contribution in [0.5, 0.6) is 0 Å². The van der Waals surface area contributed by atoms with Crippen LogP contribution < -0.4 is 0 Å². The number of carbonyl (C=O) groups excluding carboxylic acids is 1. The van der Waals surface area contributed by atoms with Gasteiger partial charge in [-0.1, -0.05) is 25.1 Å². The Hall–Kier alpha value is -1.58. The molecule has 1 aromatic carbocycles. The van der Waals surface area contributed by atoms with Crippen LogP contribution in [0.2, 0.25) is 0 Å². The lowest BCUT2D eigenvalue weighted by Gasteiger charge is -2.29. The molecule has 1 aromatic rings. The van der Waals surface area contributed by atoms with Crippen molar-refractivity contribution in [2.45, 2.75) is 39.3 Å². The van der Waals surface area contributed by atoms with Crippen LogP contribution in [0.4, 0.5) is 13.2 Å². The Kier molecular flexibility index (Phi) is 3.23. The van der Waals surface area contributed by atoms with Gasteiger partial charge in [0.05, 0.1) is 0 Å². The lowest BCUT2D eigenvalue weighted by Crippen LogP contribution is -2.33. The van der Waals surface area contributed by atoms with Crippen LogP contribution in [0.15, 0.2) is 23.8 Å². The standard InChI is InChI=1S/C17H17F3O/c1-3-10-7-11-8-13-9(2)5-4-6-12(13)14(11)15(16(10)21)17(18,19)20/h4-6,10-11H,3,7-8H2,1-2H3. The molecule has 2 unspecified atom stereocenters. The van der Waals surface area contributed by atoms with Crippen molar-refractivity contribution in [3.8, 4) is 0 Å². The van der Waals surface area contributed by atoms with Crippen molar-refractivity contribution in [3.05, 3.63) is 40.5 Å². The summed E-state index contributed by atoms with van der Waals surface area (Å²) >= 11 is 0. The highest BCUT2D eigenvalue weighted by molar-refractivity contribution is 6.08. The summed E-state index contributed by atoms with van der Waals surface area (Å²) in [5, 5.41) is 0. The molecule has 0 fully saturated rings. The molecular weight excluding hydrogens is 277 g/mol. The molecule has 0 saturated heterocycles. The van der Waals surface area contributed by atoms with Crippen molar-refractivity contribution in [1.82, 2.24) is 0 Å². The summed E-state index contributed by atoms with van der Waals surface area (Å²) in [5.74, 6) is -1.38. The van der Waals surface area contributed by atoms with E-state index in [0.717, 1.165) is 11.1 Å². The van der Waals surface area contributed by atoms with Crippen molar-refractivity contribution in [2.24, 2.45) is 11.8 Å². The molecule has 0 heterocycles. The third kappa shape index (κ3) is 2.12. The van der Waals surface area contributed by atoms with Gasteiger partial charge in [0.1, 0.15) is 5.57 Å². The van der Waals surface area contributed by atoms with Crippen molar-refractivity contribution in [1.29, 1.82) is 0 Å². The quantitative estimate of drug-likeness (QED) is 0.746. The van der Waals surface area contributed by atoms with Gasteiger partial charge in [-0.3, -0.25) is 4.79 Å². The maximum Gasteiger partial charge on any atom is 0.420 e. The minimum absolute atomic E-state index is 0.166. The third-order valence-corrected chi connectivity index (χ3v) is 4.79. The lowest BCUT2D eigenvalue weighted by molar-refractivity contribution is -0.133. The van der Waals surface area contributed by atoms with E-state index in [-0.39, 0.29) is 11.5 Å². The molecule has 4 heteroatoms. The Morgan fingerprint density at radius 3 is 2.62 bits per heavy atom. The Morgan fingerprint density at radius 1 is 1.29 bits per heavy atom. The van der Waals surface area contributed by atoms with Crippen molar-refractivity contribution in [2.75, 3.05) is 0 Å². The molecular formula is C17H17F3O. The molecule has 2 aliphatic carbocycles. The molecule has 21 heavy (non-hydrogen) atoms. The number of hydrogen-bond acceptors (Lipinski definition) is 1. The minimum Gasteiger partial charge on any atom is -0.294 e. The van der Waals surface area contributed by atoms with E-state index in [1.54, 1.807) is 19.1 Å². The number of alkyl halides is 3. The molecule has 3 rings (SSSR count). The first-order valence-corrected chi connectivity index (χ1v) is 7.29. The second kappa shape index (κ2) is 4.72. The summed E-state index contributed by atoms with van der Waals surface area (Å²) in [6, 6.07) is 5.42. The zero-order valence-electron chi connectivity index (χ0n) is 12.1. The number of benzene rings is 1. The smallest absolute Gasteiger partial charge is 0.294 e. The van der Waals surface area contributed by atoms with Crippen LogP contribution in [-0.2, 0) is 11.2 Å². The fraction of sp³-hybridized carbons (Fsp3) is 0.471. The molecule has 0 saturated carbocycles. The molecule has 0 aliphatic heterocycles. The molecule has 0 spiro atoms. The van der Waals surface area contributed by atoms with Gasteiger partial charge in [0.2, 0.25) is 0 Å². The van der Waals surface area contributed by atoms with E-state index < -0.39 is 23.5 Å². The molecule has 2 atom stereocenters. The molecule has 0 amide bonds. The van der Waals surface area contributed by atoms with Crippen molar-refractivity contribution in [3.63, 3.8) is 0 Å². The molecule has 0 bridgehead atoms. The van der Waals surface area contributed by atoms with Crippen molar-refractivity contribution >= 4 is 11.4 Å². The van der Waals surface area contributed by atoms with Crippen LogP contribution in [0.25, 0.3) is 5.57 Å². The Labute approximate surface area is 121 Å². The van der Waals surface area contributed by atoms with Gasteiger partial charge in [0, 0.05) is 5.92 Å². The van der Waals surface area contributed by atoms with E-state index in [4.69, 9.17) is 0 Å². The second-order valence-corrected chi connectivity index (χ2v) is 5.99. The Balaban J connectivity index is 2.26. The van der Waals surface area contributed by atoms with Gasteiger partial charge in [0.25, 0.3) is 0 Å². The fourth-order valence-electron chi connectivity index (χ4n) is 3.77. The number of aryl methyl sites for hydroxylation is 1. The predicted octanol–water partition coefficient (Wildman–Crippen LogP) is 4.48. The maximum atomic E-state index is 13.5. The van der Waals surface area contributed by atoms with E-state index in [2.05, 4.69) is 0 Å². The number of fused-ring (bicyclic) bond motifs is 3. The van der Waals surface area contributed by atoms with Gasteiger partial charge in [-0.25, -0.2) is 0 Å². The Bertz CT molecular complexity index is 640. The van der Waals surface area contributed by atoms with Gasteiger partial charge in [-0.2, -0.15) is 13.2 Å². The van der Waals surface area contributed by atoms with Crippen molar-refractivity contribution < 1.29 is 18.0 Å². The largest absolute Gasteiger partial charge is 0.420 e. The normalized spacial score (nSPS) is 25.1. The van der Waals surface area contributed by atoms with Gasteiger partial charge >= 0.3 is 6.18 Å². The zero-order valence-corrected chi connectivity index (χ0v) is 12.1. The number of hydrogen-bond donors (Lipinski definition) is 0. The highest BCUT2D eigenvalue weighted by Crippen LogP contribution is 2.51. The van der Waals surface area contributed by atoms with E-state index in [1.165, 1.54) is 0 Å². The number of ketones is 1. The fourth-order valence-corrected chi connectivity index (χ4v) is 3.77. The number of allylic oxidation sites excluding steroid dienone is 2. The van der Waals surface area contributed by atoms with Gasteiger partial charge < -0.3 is 0 Å². The van der Waals surface area contributed by atoms with E-state index in [1.807, 2.05) is 13.0 Å². The highest BCUT2D eigenvalue weighted by atomic mass is 19.4. The molecule has 0 aromatic heterocycles. The van der Waals surface area contributed by atoms with Crippen LogP contribution in [0, 0.1) is 18.8 Å². The molecule has 0 radical (unpaired) electrons. The summed E-state index contributed by atoms with van der Waals surface area (Å²) in [4.78, 5) is 12.3. The van der Waals surface area contributed by atoms with E-state index >= 15 is 0 Å². The summed E-state index contributed by atoms with van der Waals surface area (Å²) < 4.78 is 40.4. The summed E-state index contributed by atoms with van der Waals surface area (Å²) in [7, 11) is 0. The second-order valence-electron chi connectivity index (χ2n) is 5.99. The van der Waals surface area contributed by atoms with Crippen LogP contribution in [0.3, 0.4) is 0 Å². The third-order valence-electron chi connectivity index (χ3n) is 4.79. The van der Waals surface area contributed by atoms with E-state index in [9.17, 15) is 18.0 Å². The zero-order chi connectivity index (χ0) is 15.4. The average molecular weight is 294 g/mol. The SMILES string of the molecule is CCC1CC2Cc3c(C)cccc3C2=C(C(F)(F)F)C1=O. The maximum absolute atomic E-state index is 13.5. The van der Waals surface area contributed by atoms with Gasteiger partial charge in [-0.05, 0) is 54.4 Å². The van der Waals surface area contributed by atoms with E-state index in [0.29, 0.717) is 24.8 Å². The first kappa shape index (κ1) is 14.4. The molecule has 0 N–H and O–H groups in total. The molecule has 1 nitrogen and oxygen atoms in total. The van der Waals surface area contributed by atoms with Gasteiger partial charge in [-0.15, -0.1) is 0 Å². The average Bonchev–Trinajstić information content (AvgIpc) is 2.76. The number of carbonyl (C=O) groups is 1. The number of halogens is 3.